The number of carbonyl (C=O) groups is 1. The van der Waals surface area contributed by atoms with Crippen molar-refractivity contribution in [2.45, 2.75) is 13.5 Å². The summed E-state index contributed by atoms with van der Waals surface area (Å²) in [5.74, 6) is -0.0438. The van der Waals surface area contributed by atoms with Gasteiger partial charge in [-0.25, -0.2) is 4.98 Å². The van der Waals surface area contributed by atoms with Gasteiger partial charge < -0.3 is 9.30 Å². The number of aromatic nitrogens is 4. The summed E-state index contributed by atoms with van der Waals surface area (Å²) in [4.78, 5) is 18.6. The van der Waals surface area contributed by atoms with Crippen LogP contribution in [-0.2, 0) is 13.6 Å². The summed E-state index contributed by atoms with van der Waals surface area (Å²) in [7, 11) is 3.60. The van der Waals surface area contributed by atoms with E-state index < -0.39 is 0 Å². The molecule has 3 aromatic heterocycles. The Balaban J connectivity index is 1.80. The maximum atomic E-state index is 12.4. The highest BCUT2D eigenvalue weighted by atomic mass is 16.2. The number of carbonyl (C=O) groups excluding carboxylic acids is 1. The minimum absolute atomic E-state index is 0.0438. The van der Waals surface area contributed by atoms with Gasteiger partial charge in [0.05, 0.1) is 24.0 Å². The molecule has 3 rings (SSSR count). The van der Waals surface area contributed by atoms with E-state index in [0.717, 1.165) is 17.0 Å². The first kappa shape index (κ1) is 13.4. The van der Waals surface area contributed by atoms with E-state index in [9.17, 15) is 4.79 Å². The molecule has 0 spiro atoms. The maximum absolute atomic E-state index is 12.4. The number of pyridine rings is 1. The highest BCUT2D eigenvalue weighted by Gasteiger charge is 2.18. The lowest BCUT2D eigenvalue weighted by Crippen LogP contribution is -2.26. The number of fused-ring (bicyclic) bond motifs is 1. The number of hydrogen-bond acceptors (Lipinski definition) is 3. The van der Waals surface area contributed by atoms with E-state index >= 15 is 0 Å². The Kier molecular flexibility index (Phi) is 3.21. The van der Waals surface area contributed by atoms with E-state index in [0.29, 0.717) is 12.1 Å². The number of nitrogens with zero attached hydrogens (tertiary/aromatic N) is 5. The molecule has 0 bridgehead atoms. The molecular formula is C15H17N5O. The molecular weight excluding hydrogens is 266 g/mol. The molecule has 0 aliphatic heterocycles. The predicted molar refractivity (Wildman–Crippen MR) is 78.9 cm³/mol. The van der Waals surface area contributed by atoms with E-state index in [2.05, 4.69) is 10.1 Å². The van der Waals surface area contributed by atoms with E-state index in [1.807, 2.05) is 49.0 Å². The molecule has 1 amide bonds. The fraction of sp³-hybridized carbons (Fsp3) is 0.267. The molecule has 0 aromatic carbocycles. The van der Waals surface area contributed by atoms with Crippen LogP contribution < -0.4 is 0 Å². The van der Waals surface area contributed by atoms with Crippen molar-refractivity contribution >= 4 is 11.6 Å². The molecule has 6 heteroatoms. The van der Waals surface area contributed by atoms with Gasteiger partial charge in [-0.15, -0.1) is 0 Å². The third kappa shape index (κ3) is 2.40. The summed E-state index contributed by atoms with van der Waals surface area (Å²) in [5, 5.41) is 4.11. The van der Waals surface area contributed by atoms with E-state index in [1.54, 1.807) is 22.8 Å². The van der Waals surface area contributed by atoms with Crippen molar-refractivity contribution in [2.75, 3.05) is 7.05 Å². The van der Waals surface area contributed by atoms with E-state index in [-0.39, 0.29) is 5.91 Å². The number of aryl methyl sites for hydroxylation is 1. The summed E-state index contributed by atoms with van der Waals surface area (Å²) < 4.78 is 3.65. The van der Waals surface area contributed by atoms with Gasteiger partial charge in [0.25, 0.3) is 5.91 Å². The molecule has 0 unspecified atom stereocenters. The lowest BCUT2D eigenvalue weighted by atomic mass is 10.2. The molecule has 6 nitrogen and oxygen atoms in total. The van der Waals surface area contributed by atoms with Crippen LogP contribution in [0.4, 0.5) is 0 Å². The molecule has 0 saturated heterocycles. The summed E-state index contributed by atoms with van der Waals surface area (Å²) in [6, 6.07) is 5.84. The maximum Gasteiger partial charge on any atom is 0.257 e. The summed E-state index contributed by atoms with van der Waals surface area (Å²) >= 11 is 0. The Hall–Kier alpha value is -2.63. The first-order chi connectivity index (χ1) is 10.1. The molecule has 3 aromatic rings. The van der Waals surface area contributed by atoms with Crippen molar-refractivity contribution in [3.05, 3.63) is 53.7 Å². The lowest BCUT2D eigenvalue weighted by Gasteiger charge is -2.15. The summed E-state index contributed by atoms with van der Waals surface area (Å²) in [6.07, 6.45) is 5.49. The molecule has 0 aliphatic carbocycles. The normalized spacial score (nSPS) is 11.0. The molecule has 3 heterocycles. The molecule has 0 atom stereocenters. The van der Waals surface area contributed by atoms with Crippen molar-refractivity contribution in [1.82, 2.24) is 24.1 Å². The number of amides is 1. The zero-order valence-electron chi connectivity index (χ0n) is 12.3. The van der Waals surface area contributed by atoms with Gasteiger partial charge in [0.2, 0.25) is 0 Å². The highest BCUT2D eigenvalue weighted by Crippen LogP contribution is 2.12. The predicted octanol–water partition coefficient (Wildman–Crippen LogP) is 1.65. The van der Waals surface area contributed by atoms with Crippen LogP contribution in [0.1, 0.15) is 21.7 Å². The van der Waals surface area contributed by atoms with Crippen molar-refractivity contribution in [1.29, 1.82) is 0 Å². The van der Waals surface area contributed by atoms with E-state index in [4.69, 9.17) is 0 Å². The van der Waals surface area contributed by atoms with Crippen LogP contribution >= 0.6 is 0 Å². The standard InChI is InChI=1S/C15H17N5O/c1-11-13(8-16-19(11)3)15(21)18(2)9-12-10-20-7-5-4-6-14(20)17-12/h4-8,10H,9H2,1-3H3. The average Bonchev–Trinajstić information content (AvgIpc) is 3.02. The van der Waals surface area contributed by atoms with Crippen molar-refractivity contribution in [3.8, 4) is 0 Å². The van der Waals surface area contributed by atoms with Crippen molar-refractivity contribution in [2.24, 2.45) is 7.05 Å². The van der Waals surface area contributed by atoms with Crippen LogP contribution in [-0.4, -0.2) is 37.0 Å². The summed E-state index contributed by atoms with van der Waals surface area (Å²) in [6.45, 7) is 2.35. The molecule has 0 aliphatic rings. The zero-order valence-corrected chi connectivity index (χ0v) is 12.3. The van der Waals surface area contributed by atoms with Crippen LogP contribution in [0.3, 0.4) is 0 Å². The van der Waals surface area contributed by atoms with Crippen LogP contribution in [0.25, 0.3) is 5.65 Å². The van der Waals surface area contributed by atoms with Crippen LogP contribution in [0.2, 0.25) is 0 Å². The van der Waals surface area contributed by atoms with Gasteiger partial charge in [-0.1, -0.05) is 6.07 Å². The largest absolute Gasteiger partial charge is 0.336 e. The zero-order chi connectivity index (χ0) is 15.0. The average molecular weight is 283 g/mol. The second-order valence-electron chi connectivity index (χ2n) is 5.13. The first-order valence-electron chi connectivity index (χ1n) is 6.73. The quantitative estimate of drug-likeness (QED) is 0.734. The number of rotatable bonds is 3. The topological polar surface area (TPSA) is 55.4 Å². The smallest absolute Gasteiger partial charge is 0.257 e. The molecule has 0 fully saturated rings. The van der Waals surface area contributed by atoms with Gasteiger partial charge in [0.1, 0.15) is 5.65 Å². The Bertz CT molecular complexity index is 768. The van der Waals surface area contributed by atoms with Gasteiger partial charge in [-0.2, -0.15) is 5.10 Å². The lowest BCUT2D eigenvalue weighted by molar-refractivity contribution is 0.0782. The van der Waals surface area contributed by atoms with Gasteiger partial charge in [-0.05, 0) is 19.1 Å². The second-order valence-corrected chi connectivity index (χ2v) is 5.13. The Morgan fingerprint density at radius 2 is 2.19 bits per heavy atom. The highest BCUT2D eigenvalue weighted by molar-refractivity contribution is 5.94. The van der Waals surface area contributed by atoms with Gasteiger partial charge >= 0.3 is 0 Å². The second kappa shape index (κ2) is 5.05. The Labute approximate surface area is 122 Å². The van der Waals surface area contributed by atoms with Crippen LogP contribution in [0, 0.1) is 6.92 Å². The Morgan fingerprint density at radius 1 is 1.38 bits per heavy atom. The molecule has 108 valence electrons. The third-order valence-corrected chi connectivity index (χ3v) is 3.63. The summed E-state index contributed by atoms with van der Waals surface area (Å²) in [5.41, 5.74) is 3.23. The van der Waals surface area contributed by atoms with Gasteiger partial charge in [-0.3, -0.25) is 9.48 Å². The molecule has 0 N–H and O–H groups in total. The van der Waals surface area contributed by atoms with Gasteiger partial charge in [0, 0.05) is 32.2 Å². The number of hydrogen-bond donors (Lipinski definition) is 0. The van der Waals surface area contributed by atoms with Gasteiger partial charge in [0.15, 0.2) is 0 Å². The fourth-order valence-corrected chi connectivity index (χ4v) is 2.29. The minimum atomic E-state index is -0.0438. The number of imidazole rings is 1. The first-order valence-corrected chi connectivity index (χ1v) is 6.73. The Morgan fingerprint density at radius 3 is 2.86 bits per heavy atom. The van der Waals surface area contributed by atoms with Crippen LogP contribution in [0.5, 0.6) is 0 Å². The molecule has 21 heavy (non-hydrogen) atoms. The van der Waals surface area contributed by atoms with E-state index in [1.165, 1.54) is 0 Å². The minimum Gasteiger partial charge on any atom is -0.336 e. The van der Waals surface area contributed by atoms with Crippen molar-refractivity contribution in [3.63, 3.8) is 0 Å². The monoisotopic (exact) mass is 283 g/mol. The third-order valence-electron chi connectivity index (χ3n) is 3.63. The van der Waals surface area contributed by atoms with Crippen LogP contribution in [0.15, 0.2) is 36.8 Å². The molecule has 0 radical (unpaired) electrons. The fourth-order valence-electron chi connectivity index (χ4n) is 2.29. The van der Waals surface area contributed by atoms with Crippen molar-refractivity contribution < 1.29 is 4.79 Å². The molecule has 0 saturated carbocycles. The SMILES string of the molecule is Cc1c(C(=O)N(C)Cc2cn3ccccc3n2)cnn1C.